The average Bonchev–Trinajstić information content (AvgIpc) is 3.07. The van der Waals surface area contributed by atoms with Crippen LogP contribution in [0.4, 0.5) is 9.52 Å². The maximum absolute atomic E-state index is 12.9. The van der Waals surface area contributed by atoms with Crippen molar-refractivity contribution < 1.29 is 14.0 Å². The molecule has 1 aromatic heterocycles. The molecule has 0 unspecified atom stereocenters. The van der Waals surface area contributed by atoms with Gasteiger partial charge >= 0.3 is 0 Å². The van der Waals surface area contributed by atoms with E-state index < -0.39 is 0 Å². The van der Waals surface area contributed by atoms with Crippen molar-refractivity contribution in [2.24, 2.45) is 0 Å². The van der Waals surface area contributed by atoms with Crippen LogP contribution in [0.25, 0.3) is 10.2 Å². The van der Waals surface area contributed by atoms with Crippen molar-refractivity contribution in [3.05, 3.63) is 59.4 Å². The zero-order valence-electron chi connectivity index (χ0n) is 15.6. The van der Waals surface area contributed by atoms with Gasteiger partial charge in [0, 0.05) is 19.4 Å². The Kier molecular flexibility index (Phi) is 6.71. The smallest absolute Gasteiger partial charge is 0.226 e. The maximum atomic E-state index is 12.9. The summed E-state index contributed by atoms with van der Waals surface area (Å²) in [5.41, 5.74) is 2.74. The Morgan fingerprint density at radius 3 is 2.54 bits per heavy atom. The number of aromatic nitrogens is 1. The van der Waals surface area contributed by atoms with Gasteiger partial charge in [0.2, 0.25) is 11.8 Å². The highest BCUT2D eigenvalue weighted by Crippen LogP contribution is 2.27. The van der Waals surface area contributed by atoms with Crippen LogP contribution in [0.1, 0.15) is 37.3 Å². The van der Waals surface area contributed by atoms with Crippen LogP contribution in [-0.2, 0) is 22.6 Å². The summed E-state index contributed by atoms with van der Waals surface area (Å²) in [5, 5.41) is 6.26. The van der Waals surface area contributed by atoms with E-state index in [0.717, 1.165) is 27.8 Å². The summed E-state index contributed by atoms with van der Waals surface area (Å²) in [7, 11) is 0. The number of amides is 2. The van der Waals surface area contributed by atoms with Gasteiger partial charge in [0.1, 0.15) is 5.82 Å². The molecule has 0 spiro atoms. The third kappa shape index (κ3) is 5.60. The van der Waals surface area contributed by atoms with Gasteiger partial charge in [-0.25, -0.2) is 9.37 Å². The molecule has 0 saturated carbocycles. The Balaban J connectivity index is 1.52. The van der Waals surface area contributed by atoms with Gasteiger partial charge in [0.05, 0.1) is 10.2 Å². The first-order valence-electron chi connectivity index (χ1n) is 9.24. The molecule has 2 aromatic carbocycles. The monoisotopic (exact) mass is 399 g/mol. The van der Waals surface area contributed by atoms with Crippen LogP contribution in [0.3, 0.4) is 0 Å². The second-order valence-electron chi connectivity index (χ2n) is 6.52. The molecule has 0 aliphatic rings. The number of carbonyl (C=O) groups is 2. The maximum Gasteiger partial charge on any atom is 0.226 e. The van der Waals surface area contributed by atoms with Gasteiger partial charge in [-0.1, -0.05) is 36.5 Å². The molecule has 146 valence electrons. The van der Waals surface area contributed by atoms with Crippen molar-refractivity contribution in [3.63, 3.8) is 0 Å². The van der Waals surface area contributed by atoms with Gasteiger partial charge in [-0.3, -0.25) is 9.59 Å². The lowest BCUT2D eigenvalue weighted by Crippen LogP contribution is -2.22. The summed E-state index contributed by atoms with van der Waals surface area (Å²) in [5.74, 6) is -0.373. The lowest BCUT2D eigenvalue weighted by Gasteiger charge is -2.06. The Labute approximate surface area is 167 Å². The fourth-order valence-corrected chi connectivity index (χ4v) is 3.68. The summed E-state index contributed by atoms with van der Waals surface area (Å²) in [4.78, 5) is 28.2. The molecule has 3 rings (SSSR count). The van der Waals surface area contributed by atoms with Crippen molar-refractivity contribution in [3.8, 4) is 0 Å². The van der Waals surface area contributed by atoms with Gasteiger partial charge in [-0.2, -0.15) is 0 Å². The second-order valence-corrected chi connectivity index (χ2v) is 7.55. The number of aryl methyl sites for hydroxylation is 1. The van der Waals surface area contributed by atoms with E-state index >= 15 is 0 Å². The number of benzene rings is 2. The number of hydrogen-bond acceptors (Lipinski definition) is 4. The third-order valence-electron chi connectivity index (χ3n) is 4.22. The second kappa shape index (κ2) is 9.41. The van der Waals surface area contributed by atoms with Gasteiger partial charge in [-0.05, 0) is 48.2 Å². The molecular weight excluding hydrogens is 377 g/mol. The number of thiazole rings is 1. The van der Waals surface area contributed by atoms with Gasteiger partial charge < -0.3 is 10.6 Å². The molecule has 0 aliphatic heterocycles. The molecule has 2 amide bonds. The molecule has 0 atom stereocenters. The molecular formula is C21H22FN3O2S. The van der Waals surface area contributed by atoms with Crippen LogP contribution < -0.4 is 10.6 Å². The summed E-state index contributed by atoms with van der Waals surface area (Å²) in [6.07, 6.45) is 2.25. The molecule has 5 nitrogen and oxygen atoms in total. The fourth-order valence-electron chi connectivity index (χ4n) is 2.74. The SMILES string of the molecule is CCCC(=O)Nc1nc2ccc(CCC(=O)NCc3ccc(F)cc3)cc2s1. The molecule has 0 saturated heterocycles. The van der Waals surface area contributed by atoms with E-state index in [1.807, 2.05) is 25.1 Å². The molecule has 1 heterocycles. The largest absolute Gasteiger partial charge is 0.352 e. The zero-order chi connectivity index (χ0) is 19.9. The molecule has 0 aliphatic carbocycles. The van der Waals surface area contributed by atoms with Crippen LogP contribution in [0.5, 0.6) is 0 Å². The first-order chi connectivity index (χ1) is 13.5. The fraction of sp³-hybridized carbons (Fsp3) is 0.286. The molecule has 3 aromatic rings. The molecule has 2 N–H and O–H groups in total. The number of carbonyl (C=O) groups excluding carboxylic acids is 2. The highest BCUT2D eigenvalue weighted by molar-refractivity contribution is 7.22. The molecule has 7 heteroatoms. The zero-order valence-corrected chi connectivity index (χ0v) is 16.4. The molecule has 0 bridgehead atoms. The third-order valence-corrected chi connectivity index (χ3v) is 5.15. The van der Waals surface area contributed by atoms with Crippen LogP contribution in [0, 0.1) is 5.82 Å². The van der Waals surface area contributed by atoms with E-state index in [2.05, 4.69) is 15.6 Å². The van der Waals surface area contributed by atoms with E-state index in [4.69, 9.17) is 0 Å². The minimum Gasteiger partial charge on any atom is -0.352 e. The summed E-state index contributed by atoms with van der Waals surface area (Å²) in [6, 6.07) is 11.9. The quantitative estimate of drug-likeness (QED) is 0.589. The summed E-state index contributed by atoms with van der Waals surface area (Å²) < 4.78 is 13.9. The lowest BCUT2D eigenvalue weighted by molar-refractivity contribution is -0.121. The predicted octanol–water partition coefficient (Wildman–Crippen LogP) is 4.42. The number of hydrogen-bond donors (Lipinski definition) is 2. The number of anilines is 1. The number of nitrogens with zero attached hydrogens (tertiary/aromatic N) is 1. The number of nitrogens with one attached hydrogen (secondary N) is 2. The van der Waals surface area contributed by atoms with Crippen LogP contribution in [0.15, 0.2) is 42.5 Å². The minimum atomic E-state index is -0.290. The van der Waals surface area contributed by atoms with Crippen molar-refractivity contribution in [1.29, 1.82) is 0 Å². The number of halogens is 1. The van der Waals surface area contributed by atoms with Crippen molar-refractivity contribution in [2.75, 3.05) is 5.32 Å². The standard InChI is InChI=1S/C21H22FN3O2S/c1-2-3-20(27)25-21-24-17-10-6-14(12-18(17)28-21)7-11-19(26)23-13-15-4-8-16(22)9-5-15/h4-6,8-10,12H,2-3,7,11,13H2,1H3,(H,23,26)(H,24,25,27). The topological polar surface area (TPSA) is 71.1 Å². The Hall–Kier alpha value is -2.80. The first-order valence-corrected chi connectivity index (χ1v) is 10.1. The highest BCUT2D eigenvalue weighted by atomic mass is 32.1. The van der Waals surface area contributed by atoms with Crippen LogP contribution >= 0.6 is 11.3 Å². The minimum absolute atomic E-state index is 0.0281. The number of rotatable bonds is 8. The Bertz CT molecular complexity index is 969. The van der Waals surface area contributed by atoms with Crippen molar-refractivity contribution in [2.45, 2.75) is 39.2 Å². The normalized spacial score (nSPS) is 10.8. The average molecular weight is 399 g/mol. The lowest BCUT2D eigenvalue weighted by atomic mass is 10.1. The molecule has 28 heavy (non-hydrogen) atoms. The number of fused-ring (bicyclic) bond motifs is 1. The summed E-state index contributed by atoms with van der Waals surface area (Å²) >= 11 is 1.43. The van der Waals surface area contributed by atoms with E-state index in [1.165, 1.54) is 23.5 Å². The van der Waals surface area contributed by atoms with E-state index in [9.17, 15) is 14.0 Å². The van der Waals surface area contributed by atoms with E-state index in [1.54, 1.807) is 12.1 Å². The van der Waals surface area contributed by atoms with Crippen LogP contribution in [0.2, 0.25) is 0 Å². The first kappa shape index (κ1) is 19.9. The molecule has 0 radical (unpaired) electrons. The Morgan fingerprint density at radius 2 is 1.79 bits per heavy atom. The van der Waals surface area contributed by atoms with Gasteiger partial charge in [0.25, 0.3) is 0 Å². The van der Waals surface area contributed by atoms with Crippen molar-refractivity contribution >= 4 is 38.5 Å². The van der Waals surface area contributed by atoms with Crippen LogP contribution in [-0.4, -0.2) is 16.8 Å². The predicted molar refractivity (Wildman–Crippen MR) is 110 cm³/mol. The molecule has 0 fully saturated rings. The summed E-state index contributed by atoms with van der Waals surface area (Å²) in [6.45, 7) is 2.34. The van der Waals surface area contributed by atoms with Crippen molar-refractivity contribution in [1.82, 2.24) is 10.3 Å². The van der Waals surface area contributed by atoms with Gasteiger partial charge in [-0.15, -0.1) is 0 Å². The van der Waals surface area contributed by atoms with Gasteiger partial charge in [0.15, 0.2) is 5.13 Å². The Morgan fingerprint density at radius 1 is 1.04 bits per heavy atom. The van der Waals surface area contributed by atoms with E-state index in [-0.39, 0.29) is 17.6 Å². The van der Waals surface area contributed by atoms with E-state index in [0.29, 0.717) is 30.9 Å². The highest BCUT2D eigenvalue weighted by Gasteiger charge is 2.09.